The van der Waals surface area contributed by atoms with Gasteiger partial charge in [0.05, 0.1) is 6.54 Å². The number of amides is 3. The lowest BCUT2D eigenvalue weighted by molar-refractivity contribution is -0.131. The molecule has 0 bridgehead atoms. The number of nitrogens with one attached hydrogen (secondary N) is 1. The summed E-state index contributed by atoms with van der Waals surface area (Å²) in [7, 11) is 0. The Morgan fingerprint density at radius 3 is 2.30 bits per heavy atom. The minimum Gasteiger partial charge on any atom is -0.319 e. The van der Waals surface area contributed by atoms with Crippen molar-refractivity contribution in [1.82, 2.24) is 10.2 Å². The second kappa shape index (κ2) is 6.08. The molecule has 0 radical (unpaired) electrons. The summed E-state index contributed by atoms with van der Waals surface area (Å²) in [5.41, 5.74) is 0.722. The van der Waals surface area contributed by atoms with Gasteiger partial charge in [-0.15, -0.1) is 11.8 Å². The van der Waals surface area contributed by atoms with Gasteiger partial charge in [0, 0.05) is 4.90 Å². The number of urea groups is 1. The Kier molecular flexibility index (Phi) is 4.13. The van der Waals surface area contributed by atoms with Crippen LogP contribution in [0.25, 0.3) is 0 Å². The van der Waals surface area contributed by atoms with Gasteiger partial charge in [-0.25, -0.2) is 4.79 Å². The van der Waals surface area contributed by atoms with Crippen LogP contribution in [-0.4, -0.2) is 23.1 Å². The first-order valence-electron chi connectivity index (χ1n) is 7.37. The maximum absolute atomic E-state index is 12.8. The summed E-state index contributed by atoms with van der Waals surface area (Å²) in [5, 5.41) is 2.82. The molecule has 1 saturated heterocycles. The van der Waals surface area contributed by atoms with E-state index in [1.54, 1.807) is 18.7 Å². The maximum atomic E-state index is 12.8. The molecule has 118 valence electrons. The molecule has 1 atom stereocenters. The number of carbonyl (C=O) groups is 2. The second-order valence-corrected chi connectivity index (χ2v) is 6.54. The SMILES string of the molecule is CSc1ccc(CN2C(=O)N[C@](C)(c3ccccc3)C2=O)cc1. The highest BCUT2D eigenvalue weighted by Gasteiger charge is 2.48. The zero-order chi connectivity index (χ0) is 16.4. The molecule has 1 aliphatic heterocycles. The molecule has 1 fully saturated rings. The van der Waals surface area contributed by atoms with Crippen molar-refractivity contribution >= 4 is 23.7 Å². The number of hydrogen-bond donors (Lipinski definition) is 1. The predicted molar refractivity (Wildman–Crippen MR) is 91.1 cm³/mol. The third-order valence-electron chi connectivity index (χ3n) is 4.13. The van der Waals surface area contributed by atoms with Gasteiger partial charge in [-0.1, -0.05) is 42.5 Å². The van der Waals surface area contributed by atoms with Gasteiger partial charge in [0.15, 0.2) is 0 Å². The van der Waals surface area contributed by atoms with Crippen molar-refractivity contribution in [2.45, 2.75) is 23.9 Å². The van der Waals surface area contributed by atoms with Crippen molar-refractivity contribution in [1.29, 1.82) is 0 Å². The molecule has 0 spiro atoms. The highest BCUT2D eigenvalue weighted by molar-refractivity contribution is 7.98. The summed E-state index contributed by atoms with van der Waals surface area (Å²) >= 11 is 1.66. The minimum absolute atomic E-state index is 0.220. The van der Waals surface area contributed by atoms with Crippen molar-refractivity contribution in [3.05, 3.63) is 65.7 Å². The van der Waals surface area contributed by atoms with Gasteiger partial charge in [0.1, 0.15) is 5.54 Å². The molecule has 0 aromatic heterocycles. The summed E-state index contributed by atoms with van der Waals surface area (Å²) in [4.78, 5) is 27.5. The Balaban J connectivity index is 1.84. The summed E-state index contributed by atoms with van der Waals surface area (Å²) in [5.74, 6) is -0.220. The van der Waals surface area contributed by atoms with Crippen LogP contribution in [0.1, 0.15) is 18.1 Å². The van der Waals surface area contributed by atoms with Gasteiger partial charge >= 0.3 is 6.03 Å². The van der Waals surface area contributed by atoms with Crippen LogP contribution < -0.4 is 5.32 Å². The molecule has 2 aromatic carbocycles. The van der Waals surface area contributed by atoms with Crippen LogP contribution in [0.5, 0.6) is 0 Å². The van der Waals surface area contributed by atoms with Crippen LogP contribution in [0.3, 0.4) is 0 Å². The summed E-state index contributed by atoms with van der Waals surface area (Å²) in [6.45, 7) is 2.03. The smallest absolute Gasteiger partial charge is 0.319 e. The fraction of sp³-hybridized carbons (Fsp3) is 0.222. The van der Waals surface area contributed by atoms with Gasteiger partial charge in [0.25, 0.3) is 5.91 Å². The Bertz CT molecular complexity index is 730. The Hall–Kier alpha value is -2.27. The van der Waals surface area contributed by atoms with E-state index in [1.807, 2.05) is 60.9 Å². The number of imide groups is 1. The number of thioether (sulfide) groups is 1. The largest absolute Gasteiger partial charge is 0.325 e. The van der Waals surface area contributed by atoms with E-state index in [1.165, 1.54) is 4.90 Å². The molecule has 5 heteroatoms. The maximum Gasteiger partial charge on any atom is 0.325 e. The van der Waals surface area contributed by atoms with E-state index < -0.39 is 5.54 Å². The molecule has 0 saturated carbocycles. The number of carbonyl (C=O) groups excluding carboxylic acids is 2. The van der Waals surface area contributed by atoms with E-state index in [-0.39, 0.29) is 18.5 Å². The van der Waals surface area contributed by atoms with E-state index in [4.69, 9.17) is 0 Å². The fourth-order valence-electron chi connectivity index (χ4n) is 2.72. The normalized spacial score (nSPS) is 20.7. The molecule has 4 nitrogen and oxygen atoms in total. The van der Waals surface area contributed by atoms with Crippen LogP contribution >= 0.6 is 11.8 Å². The monoisotopic (exact) mass is 326 g/mol. The third-order valence-corrected chi connectivity index (χ3v) is 4.87. The minimum atomic E-state index is -1.00. The first-order valence-corrected chi connectivity index (χ1v) is 8.59. The molecular weight excluding hydrogens is 308 g/mol. The van der Waals surface area contributed by atoms with Gasteiger partial charge in [-0.05, 0) is 36.4 Å². The van der Waals surface area contributed by atoms with Crippen molar-refractivity contribution in [2.75, 3.05) is 6.26 Å². The van der Waals surface area contributed by atoms with Crippen molar-refractivity contribution in [2.24, 2.45) is 0 Å². The van der Waals surface area contributed by atoms with Crippen molar-refractivity contribution in [3.63, 3.8) is 0 Å². The van der Waals surface area contributed by atoms with E-state index in [0.29, 0.717) is 0 Å². The zero-order valence-electron chi connectivity index (χ0n) is 13.1. The Labute approximate surface area is 139 Å². The first-order chi connectivity index (χ1) is 11.0. The molecule has 3 amide bonds. The number of benzene rings is 2. The van der Waals surface area contributed by atoms with Crippen molar-refractivity contribution in [3.8, 4) is 0 Å². The fourth-order valence-corrected chi connectivity index (χ4v) is 3.13. The zero-order valence-corrected chi connectivity index (χ0v) is 13.9. The first kappa shape index (κ1) is 15.6. The summed E-state index contributed by atoms with van der Waals surface area (Å²) < 4.78 is 0. The molecule has 1 N–H and O–H groups in total. The number of nitrogens with zero attached hydrogens (tertiary/aromatic N) is 1. The van der Waals surface area contributed by atoms with Crippen molar-refractivity contribution < 1.29 is 9.59 Å². The van der Waals surface area contributed by atoms with Gasteiger partial charge < -0.3 is 5.32 Å². The highest BCUT2D eigenvalue weighted by Crippen LogP contribution is 2.29. The third kappa shape index (κ3) is 2.84. The van der Waals surface area contributed by atoms with E-state index in [0.717, 1.165) is 16.0 Å². The number of rotatable bonds is 4. The molecule has 2 aromatic rings. The Morgan fingerprint density at radius 1 is 1.04 bits per heavy atom. The summed E-state index contributed by atoms with van der Waals surface area (Å²) in [6.07, 6.45) is 2.01. The average Bonchev–Trinajstić information content (AvgIpc) is 2.81. The number of hydrogen-bond acceptors (Lipinski definition) is 3. The van der Waals surface area contributed by atoms with Gasteiger partial charge in [-0.2, -0.15) is 0 Å². The quantitative estimate of drug-likeness (QED) is 0.692. The molecular formula is C18H18N2O2S. The van der Waals surface area contributed by atoms with Crippen LogP contribution in [-0.2, 0) is 16.9 Å². The van der Waals surface area contributed by atoms with Gasteiger partial charge in [0.2, 0.25) is 0 Å². The van der Waals surface area contributed by atoms with E-state index >= 15 is 0 Å². The topological polar surface area (TPSA) is 49.4 Å². The van der Waals surface area contributed by atoms with Crippen LogP contribution in [0.15, 0.2) is 59.5 Å². The highest BCUT2D eigenvalue weighted by atomic mass is 32.2. The Morgan fingerprint density at radius 2 is 1.70 bits per heavy atom. The van der Waals surface area contributed by atoms with Crippen LogP contribution in [0, 0.1) is 0 Å². The van der Waals surface area contributed by atoms with Crippen LogP contribution in [0.4, 0.5) is 4.79 Å². The average molecular weight is 326 g/mol. The lowest BCUT2D eigenvalue weighted by atomic mass is 9.92. The second-order valence-electron chi connectivity index (χ2n) is 5.66. The van der Waals surface area contributed by atoms with E-state index in [9.17, 15) is 9.59 Å². The van der Waals surface area contributed by atoms with E-state index in [2.05, 4.69) is 5.32 Å². The summed E-state index contributed by atoms with van der Waals surface area (Å²) in [6, 6.07) is 16.9. The molecule has 0 aliphatic carbocycles. The predicted octanol–water partition coefficient (Wildman–Crippen LogP) is 3.38. The van der Waals surface area contributed by atoms with Crippen LogP contribution in [0.2, 0.25) is 0 Å². The molecule has 1 aliphatic rings. The molecule has 3 rings (SSSR count). The molecule has 0 unspecified atom stereocenters. The molecule has 1 heterocycles. The van der Waals surface area contributed by atoms with Gasteiger partial charge in [-0.3, -0.25) is 9.69 Å². The lowest BCUT2D eigenvalue weighted by Gasteiger charge is -2.22. The molecule has 23 heavy (non-hydrogen) atoms. The standard InChI is InChI=1S/C18H18N2O2S/c1-18(14-6-4-3-5-7-14)16(21)20(17(22)19-18)12-13-8-10-15(23-2)11-9-13/h3-11H,12H2,1-2H3,(H,19,22)/t18-/m1/s1. The lowest BCUT2D eigenvalue weighted by Crippen LogP contribution is -2.40.